The monoisotopic (exact) mass is 217 g/mol. The van der Waals surface area contributed by atoms with Crippen LogP contribution in [0.3, 0.4) is 0 Å². The molecule has 0 fully saturated rings. The van der Waals surface area contributed by atoms with Gasteiger partial charge in [0.2, 0.25) is 0 Å². The molecule has 2 N–H and O–H groups in total. The number of carbonyl (C=O) groups is 1. The number of halogens is 3. The highest BCUT2D eigenvalue weighted by molar-refractivity contribution is 5.93. The van der Waals surface area contributed by atoms with Crippen LogP contribution in [0.4, 0.5) is 13.2 Å². The highest BCUT2D eigenvalue weighted by Gasteiger charge is 2.23. The van der Waals surface area contributed by atoms with Crippen LogP contribution in [0.25, 0.3) is 0 Å². The van der Waals surface area contributed by atoms with E-state index in [1.165, 1.54) is 0 Å². The van der Waals surface area contributed by atoms with Crippen molar-refractivity contribution < 1.29 is 18.0 Å². The standard InChI is InChI=1S/C10H10F3NO/c1-4(2)5-3-6(11)7(10(14)15)9(13)8(5)12/h3-4H,1-2H3,(H2,14,15). The first kappa shape index (κ1) is 11.6. The molecule has 0 bridgehead atoms. The SMILES string of the molecule is CC(C)c1cc(F)c(C(N)=O)c(F)c1F. The Balaban J connectivity index is 3.51. The molecule has 0 saturated heterocycles. The van der Waals surface area contributed by atoms with Crippen LogP contribution in [0, 0.1) is 17.5 Å². The molecule has 0 aliphatic carbocycles. The molecular formula is C10H10F3NO. The van der Waals surface area contributed by atoms with Gasteiger partial charge in [0.05, 0.1) is 0 Å². The van der Waals surface area contributed by atoms with Crippen LogP contribution in [-0.4, -0.2) is 5.91 Å². The molecule has 0 spiro atoms. The molecule has 0 atom stereocenters. The summed E-state index contributed by atoms with van der Waals surface area (Å²) >= 11 is 0. The Kier molecular flexibility index (Phi) is 3.02. The minimum atomic E-state index is -1.52. The quantitative estimate of drug-likeness (QED) is 0.759. The largest absolute Gasteiger partial charge is 0.365 e. The highest BCUT2D eigenvalue weighted by Crippen LogP contribution is 2.25. The minimum Gasteiger partial charge on any atom is -0.365 e. The van der Waals surface area contributed by atoms with Gasteiger partial charge in [-0.1, -0.05) is 13.8 Å². The molecule has 1 aromatic carbocycles. The van der Waals surface area contributed by atoms with Gasteiger partial charge in [0.15, 0.2) is 11.6 Å². The van der Waals surface area contributed by atoms with Gasteiger partial charge < -0.3 is 5.73 Å². The molecule has 1 aromatic rings. The second-order valence-corrected chi connectivity index (χ2v) is 3.47. The summed E-state index contributed by atoms with van der Waals surface area (Å²) in [6.07, 6.45) is 0. The Morgan fingerprint density at radius 3 is 2.20 bits per heavy atom. The fraction of sp³-hybridized carbons (Fsp3) is 0.300. The first-order chi connectivity index (χ1) is 6.86. The van der Waals surface area contributed by atoms with E-state index in [9.17, 15) is 18.0 Å². The zero-order chi connectivity index (χ0) is 11.7. The van der Waals surface area contributed by atoms with Crippen molar-refractivity contribution in [1.29, 1.82) is 0 Å². The molecule has 2 nitrogen and oxygen atoms in total. The molecular weight excluding hydrogens is 207 g/mol. The van der Waals surface area contributed by atoms with Gasteiger partial charge >= 0.3 is 0 Å². The first-order valence-corrected chi connectivity index (χ1v) is 4.33. The Hall–Kier alpha value is -1.52. The van der Waals surface area contributed by atoms with E-state index in [4.69, 9.17) is 5.73 Å². The van der Waals surface area contributed by atoms with Crippen LogP contribution in [0.2, 0.25) is 0 Å². The van der Waals surface area contributed by atoms with Gasteiger partial charge in [-0.25, -0.2) is 13.2 Å². The molecule has 0 aliphatic heterocycles. The van der Waals surface area contributed by atoms with Crippen LogP contribution in [0.15, 0.2) is 6.07 Å². The van der Waals surface area contributed by atoms with Crippen LogP contribution in [-0.2, 0) is 0 Å². The molecule has 0 aliphatic rings. The number of primary amides is 1. The molecule has 0 saturated carbocycles. The van der Waals surface area contributed by atoms with Crippen LogP contribution < -0.4 is 5.73 Å². The number of rotatable bonds is 2. The minimum absolute atomic E-state index is 0.116. The first-order valence-electron chi connectivity index (χ1n) is 4.33. The van der Waals surface area contributed by atoms with E-state index >= 15 is 0 Å². The smallest absolute Gasteiger partial charge is 0.254 e. The summed E-state index contributed by atoms with van der Waals surface area (Å²) in [6.45, 7) is 3.17. The summed E-state index contributed by atoms with van der Waals surface area (Å²) in [4.78, 5) is 10.7. The van der Waals surface area contributed by atoms with Crippen molar-refractivity contribution in [2.24, 2.45) is 5.73 Å². The lowest BCUT2D eigenvalue weighted by Gasteiger charge is -2.10. The maximum atomic E-state index is 13.3. The van der Waals surface area contributed by atoms with Gasteiger partial charge in [-0.15, -0.1) is 0 Å². The van der Waals surface area contributed by atoms with Crippen molar-refractivity contribution in [3.63, 3.8) is 0 Å². The number of nitrogens with two attached hydrogens (primary N) is 1. The van der Waals surface area contributed by atoms with Crippen LogP contribution >= 0.6 is 0 Å². The van der Waals surface area contributed by atoms with E-state index < -0.39 is 28.9 Å². The Labute approximate surface area is 84.9 Å². The molecule has 0 heterocycles. The number of amides is 1. The van der Waals surface area contributed by atoms with Crippen molar-refractivity contribution in [2.45, 2.75) is 19.8 Å². The fourth-order valence-electron chi connectivity index (χ4n) is 1.26. The zero-order valence-electron chi connectivity index (χ0n) is 8.27. The van der Waals surface area contributed by atoms with E-state index in [-0.39, 0.29) is 11.5 Å². The lowest BCUT2D eigenvalue weighted by molar-refractivity contribution is 0.0991. The van der Waals surface area contributed by atoms with E-state index in [0.29, 0.717) is 0 Å². The predicted octanol–water partition coefficient (Wildman–Crippen LogP) is 2.33. The van der Waals surface area contributed by atoms with Gasteiger partial charge in [-0.3, -0.25) is 4.79 Å². The summed E-state index contributed by atoms with van der Waals surface area (Å²) in [5.74, 6) is -5.58. The van der Waals surface area contributed by atoms with Crippen molar-refractivity contribution in [3.05, 3.63) is 34.6 Å². The van der Waals surface area contributed by atoms with E-state index in [0.717, 1.165) is 6.07 Å². The summed E-state index contributed by atoms with van der Waals surface area (Å²) < 4.78 is 39.7. The van der Waals surface area contributed by atoms with Crippen LogP contribution in [0.1, 0.15) is 35.7 Å². The Morgan fingerprint density at radius 1 is 1.27 bits per heavy atom. The zero-order valence-corrected chi connectivity index (χ0v) is 8.27. The molecule has 0 unspecified atom stereocenters. The molecule has 0 radical (unpaired) electrons. The number of hydrogen-bond acceptors (Lipinski definition) is 1. The molecule has 1 rings (SSSR count). The summed E-state index contributed by atoms with van der Waals surface area (Å²) in [5.41, 5.74) is 3.58. The summed E-state index contributed by atoms with van der Waals surface area (Å²) in [5, 5.41) is 0. The highest BCUT2D eigenvalue weighted by atomic mass is 19.2. The third-order valence-corrected chi connectivity index (χ3v) is 2.06. The predicted molar refractivity (Wildman–Crippen MR) is 48.9 cm³/mol. The van der Waals surface area contributed by atoms with Crippen LogP contribution in [0.5, 0.6) is 0 Å². The van der Waals surface area contributed by atoms with Gasteiger partial charge in [-0.2, -0.15) is 0 Å². The van der Waals surface area contributed by atoms with Crippen molar-refractivity contribution in [2.75, 3.05) is 0 Å². The van der Waals surface area contributed by atoms with Gasteiger partial charge in [0.1, 0.15) is 11.4 Å². The summed E-state index contributed by atoms with van der Waals surface area (Å²) in [7, 11) is 0. The average Bonchev–Trinajstić information content (AvgIpc) is 2.10. The molecule has 0 aromatic heterocycles. The van der Waals surface area contributed by atoms with Gasteiger partial charge in [0.25, 0.3) is 5.91 Å². The Bertz CT molecular complexity index is 416. The molecule has 82 valence electrons. The average molecular weight is 217 g/mol. The number of benzene rings is 1. The third kappa shape index (κ3) is 1.95. The normalized spacial score (nSPS) is 10.8. The molecule has 1 amide bonds. The van der Waals surface area contributed by atoms with Gasteiger partial charge in [0, 0.05) is 0 Å². The number of hydrogen-bond donors (Lipinski definition) is 1. The second kappa shape index (κ2) is 3.92. The molecule has 15 heavy (non-hydrogen) atoms. The van der Waals surface area contributed by atoms with E-state index in [1.807, 2.05) is 0 Å². The van der Waals surface area contributed by atoms with Crippen molar-refractivity contribution in [1.82, 2.24) is 0 Å². The van der Waals surface area contributed by atoms with Gasteiger partial charge in [-0.05, 0) is 17.5 Å². The maximum Gasteiger partial charge on any atom is 0.254 e. The van der Waals surface area contributed by atoms with E-state index in [2.05, 4.69) is 0 Å². The fourth-order valence-corrected chi connectivity index (χ4v) is 1.26. The van der Waals surface area contributed by atoms with E-state index in [1.54, 1.807) is 13.8 Å². The maximum absolute atomic E-state index is 13.3. The van der Waals surface area contributed by atoms with Crippen molar-refractivity contribution >= 4 is 5.91 Å². The third-order valence-electron chi connectivity index (χ3n) is 2.06. The summed E-state index contributed by atoms with van der Waals surface area (Å²) in [6, 6.07) is 0.795. The second-order valence-electron chi connectivity index (χ2n) is 3.47. The topological polar surface area (TPSA) is 43.1 Å². The molecule has 5 heteroatoms. The number of carbonyl (C=O) groups excluding carboxylic acids is 1. The lowest BCUT2D eigenvalue weighted by Crippen LogP contribution is -2.17. The Morgan fingerprint density at radius 2 is 1.80 bits per heavy atom. The van der Waals surface area contributed by atoms with Crippen molar-refractivity contribution in [3.8, 4) is 0 Å². The lowest BCUT2D eigenvalue weighted by atomic mass is 9.99.